The Morgan fingerprint density at radius 2 is 1.91 bits per heavy atom. The van der Waals surface area contributed by atoms with Crippen LogP contribution < -0.4 is 10.2 Å². The zero-order valence-corrected chi connectivity index (χ0v) is 15.4. The zero-order valence-electron chi connectivity index (χ0n) is 12.1. The van der Waals surface area contributed by atoms with Crippen molar-refractivity contribution in [1.82, 2.24) is 10.4 Å². The number of amidine groups is 1. The second-order valence-electron chi connectivity index (χ2n) is 4.87. The minimum Gasteiger partial charge on any atom is -0.484 e. The van der Waals surface area contributed by atoms with Gasteiger partial charge in [0, 0.05) is 10.0 Å². The molecule has 2 N–H and O–H groups in total. The molecule has 0 saturated carbocycles. The van der Waals surface area contributed by atoms with Crippen LogP contribution in [0, 0.1) is 5.41 Å². The van der Waals surface area contributed by atoms with E-state index < -0.39 is 0 Å². The van der Waals surface area contributed by atoms with Crippen molar-refractivity contribution in [3.8, 4) is 5.75 Å². The fraction of sp³-hybridized carbons (Fsp3) is 0.125. The third-order valence-electron chi connectivity index (χ3n) is 3.31. The molecule has 5 nitrogen and oxygen atoms in total. The van der Waals surface area contributed by atoms with Crippen LogP contribution in [0.1, 0.15) is 11.1 Å². The average molecular weight is 441 g/mol. The molecule has 2 aromatic rings. The molecule has 0 aliphatic carbocycles. The topological polar surface area (TPSA) is 65.4 Å². The molecule has 7 heteroatoms. The highest BCUT2D eigenvalue weighted by Gasteiger charge is 2.24. The Kier molecular flexibility index (Phi) is 5.79. The Labute approximate surface area is 153 Å². The molecule has 0 atom stereocenters. The van der Waals surface area contributed by atoms with Crippen molar-refractivity contribution in [1.29, 1.82) is 5.41 Å². The molecular weight excluding hydrogens is 426 g/mol. The molecule has 0 bridgehead atoms. The van der Waals surface area contributed by atoms with Crippen molar-refractivity contribution in [2.75, 3.05) is 6.61 Å². The fourth-order valence-electron chi connectivity index (χ4n) is 2.24. The number of carbonyl (C=O) groups excluding carboxylic acids is 1. The predicted octanol–water partition coefficient (Wildman–Crippen LogP) is 3.28. The highest BCUT2D eigenvalue weighted by atomic mass is 79.9. The van der Waals surface area contributed by atoms with Crippen molar-refractivity contribution in [2.45, 2.75) is 6.54 Å². The summed E-state index contributed by atoms with van der Waals surface area (Å²) in [6, 6.07) is 14.9. The van der Waals surface area contributed by atoms with E-state index in [2.05, 4.69) is 21.4 Å². The number of hydrazine groups is 1. The number of ether oxygens (including phenoxy) is 1. The summed E-state index contributed by atoms with van der Waals surface area (Å²) in [4.78, 5) is 12.0. The molecular formula is C16H15Br2N3O2. The molecule has 0 radical (unpaired) electrons. The summed E-state index contributed by atoms with van der Waals surface area (Å²) in [6.07, 6.45) is 0. The first-order valence-electron chi connectivity index (χ1n) is 6.76. The van der Waals surface area contributed by atoms with E-state index in [9.17, 15) is 4.79 Å². The SMILES string of the molecule is Br.N=C1c2ccccc2CN1NC(=O)COc1ccc(Br)cc1. The van der Waals surface area contributed by atoms with Gasteiger partial charge in [-0.1, -0.05) is 40.2 Å². The first-order valence-corrected chi connectivity index (χ1v) is 7.55. The van der Waals surface area contributed by atoms with E-state index in [0.717, 1.165) is 15.6 Å². The summed E-state index contributed by atoms with van der Waals surface area (Å²) in [5.74, 6) is 0.631. The van der Waals surface area contributed by atoms with Crippen molar-refractivity contribution in [3.05, 3.63) is 64.1 Å². The van der Waals surface area contributed by atoms with Crippen molar-refractivity contribution in [2.24, 2.45) is 0 Å². The summed E-state index contributed by atoms with van der Waals surface area (Å²) >= 11 is 3.34. The average Bonchev–Trinajstić information content (AvgIpc) is 2.83. The van der Waals surface area contributed by atoms with Crippen LogP contribution >= 0.6 is 32.9 Å². The minimum absolute atomic E-state index is 0. The molecule has 23 heavy (non-hydrogen) atoms. The van der Waals surface area contributed by atoms with Crippen LogP contribution in [-0.4, -0.2) is 23.4 Å². The first kappa shape index (κ1) is 17.5. The molecule has 1 aliphatic heterocycles. The van der Waals surface area contributed by atoms with Crippen LogP contribution in [0.2, 0.25) is 0 Å². The second kappa shape index (κ2) is 7.61. The van der Waals surface area contributed by atoms with Gasteiger partial charge in [-0.3, -0.25) is 20.6 Å². The lowest BCUT2D eigenvalue weighted by molar-refractivity contribution is -0.126. The van der Waals surface area contributed by atoms with Gasteiger partial charge in [-0.25, -0.2) is 0 Å². The summed E-state index contributed by atoms with van der Waals surface area (Å²) in [6.45, 7) is 0.404. The summed E-state index contributed by atoms with van der Waals surface area (Å²) in [7, 11) is 0. The third-order valence-corrected chi connectivity index (χ3v) is 3.84. The van der Waals surface area contributed by atoms with E-state index >= 15 is 0 Å². The number of fused-ring (bicyclic) bond motifs is 1. The van der Waals surface area contributed by atoms with Gasteiger partial charge in [0.2, 0.25) is 0 Å². The Morgan fingerprint density at radius 3 is 2.61 bits per heavy atom. The van der Waals surface area contributed by atoms with Crippen molar-refractivity contribution >= 4 is 44.7 Å². The normalized spacial score (nSPS) is 12.4. The number of nitrogens with one attached hydrogen (secondary N) is 2. The minimum atomic E-state index is -0.291. The van der Waals surface area contributed by atoms with Crippen molar-refractivity contribution in [3.63, 3.8) is 0 Å². The van der Waals surface area contributed by atoms with Gasteiger partial charge in [0.05, 0.1) is 6.54 Å². The molecule has 3 rings (SSSR count). The van der Waals surface area contributed by atoms with Crippen LogP contribution in [0.25, 0.3) is 0 Å². The largest absolute Gasteiger partial charge is 0.484 e. The molecule has 0 fully saturated rings. The van der Waals surface area contributed by atoms with Crippen LogP contribution in [0.4, 0.5) is 0 Å². The monoisotopic (exact) mass is 439 g/mol. The Bertz CT molecular complexity index is 720. The number of benzene rings is 2. The predicted molar refractivity (Wildman–Crippen MR) is 96.9 cm³/mol. The van der Waals surface area contributed by atoms with E-state index in [1.54, 1.807) is 12.1 Å². The van der Waals surface area contributed by atoms with Gasteiger partial charge in [0.1, 0.15) is 11.6 Å². The van der Waals surface area contributed by atoms with Crippen LogP contribution in [0.3, 0.4) is 0 Å². The van der Waals surface area contributed by atoms with E-state index in [1.807, 2.05) is 36.4 Å². The lowest BCUT2D eigenvalue weighted by atomic mass is 10.1. The molecule has 0 saturated heterocycles. The maximum absolute atomic E-state index is 12.0. The van der Waals surface area contributed by atoms with Gasteiger partial charge in [-0.05, 0) is 29.8 Å². The second-order valence-corrected chi connectivity index (χ2v) is 5.79. The van der Waals surface area contributed by atoms with Crippen LogP contribution in [0.5, 0.6) is 5.75 Å². The summed E-state index contributed by atoms with van der Waals surface area (Å²) < 4.78 is 6.37. The highest BCUT2D eigenvalue weighted by molar-refractivity contribution is 9.10. The number of rotatable bonds is 4. The zero-order chi connectivity index (χ0) is 15.5. The molecule has 120 valence electrons. The standard InChI is InChI=1S/C16H14BrN3O2.BrH/c17-12-5-7-13(8-6-12)22-10-15(21)19-20-9-11-3-1-2-4-14(11)16(20)18;/h1-8,18H,9-10H2,(H,19,21);1H. The molecule has 1 heterocycles. The number of halogens is 2. The van der Waals surface area contributed by atoms with Gasteiger partial charge in [0.15, 0.2) is 6.61 Å². The van der Waals surface area contributed by atoms with Gasteiger partial charge < -0.3 is 4.74 Å². The van der Waals surface area contributed by atoms with Crippen molar-refractivity contribution < 1.29 is 9.53 Å². The van der Waals surface area contributed by atoms with Gasteiger partial charge in [-0.2, -0.15) is 0 Å². The molecule has 0 aromatic heterocycles. The number of hydrogen-bond acceptors (Lipinski definition) is 3. The Hall–Kier alpha value is -1.86. The fourth-order valence-corrected chi connectivity index (χ4v) is 2.51. The molecule has 2 aromatic carbocycles. The lowest BCUT2D eigenvalue weighted by Crippen LogP contribution is -2.44. The number of hydrogen-bond donors (Lipinski definition) is 2. The van der Waals surface area contributed by atoms with Gasteiger partial charge >= 0.3 is 0 Å². The van der Waals surface area contributed by atoms with Crippen LogP contribution in [-0.2, 0) is 11.3 Å². The lowest BCUT2D eigenvalue weighted by Gasteiger charge is -2.19. The highest BCUT2D eigenvalue weighted by Crippen LogP contribution is 2.20. The van der Waals surface area contributed by atoms with Gasteiger partial charge in [-0.15, -0.1) is 17.0 Å². The quantitative estimate of drug-likeness (QED) is 0.766. The summed E-state index contributed by atoms with van der Waals surface area (Å²) in [5, 5.41) is 9.59. The summed E-state index contributed by atoms with van der Waals surface area (Å²) in [5.41, 5.74) is 4.57. The number of carbonyl (C=O) groups is 1. The first-order chi connectivity index (χ1) is 10.6. The molecule has 0 unspecified atom stereocenters. The maximum Gasteiger partial charge on any atom is 0.276 e. The van der Waals surface area contributed by atoms with Gasteiger partial charge in [0.25, 0.3) is 5.91 Å². The maximum atomic E-state index is 12.0. The van der Waals surface area contributed by atoms with E-state index in [0.29, 0.717) is 18.1 Å². The molecule has 1 aliphatic rings. The smallest absolute Gasteiger partial charge is 0.276 e. The van der Waals surface area contributed by atoms with E-state index in [4.69, 9.17) is 10.1 Å². The van der Waals surface area contributed by atoms with Crippen LogP contribution in [0.15, 0.2) is 53.0 Å². The Balaban J connectivity index is 0.00000192. The molecule has 1 amide bonds. The molecule has 0 spiro atoms. The number of nitrogens with zero attached hydrogens (tertiary/aromatic N) is 1. The van der Waals surface area contributed by atoms with E-state index in [1.165, 1.54) is 5.01 Å². The Morgan fingerprint density at radius 1 is 1.22 bits per heavy atom. The third kappa shape index (κ3) is 4.11. The van der Waals surface area contributed by atoms with E-state index in [-0.39, 0.29) is 29.5 Å². The number of amides is 1.